The molecule has 104 valence electrons. The van der Waals surface area contributed by atoms with Gasteiger partial charge >= 0.3 is 0 Å². The summed E-state index contributed by atoms with van der Waals surface area (Å²) in [6.07, 6.45) is 2.86. The van der Waals surface area contributed by atoms with Crippen molar-refractivity contribution < 1.29 is 0 Å². The third-order valence-electron chi connectivity index (χ3n) is 4.12. The molecular formula is C15H20Cl2N2. The topological polar surface area (TPSA) is 6.48 Å². The van der Waals surface area contributed by atoms with Gasteiger partial charge in [-0.3, -0.25) is 4.90 Å². The number of alkyl halides is 1. The first-order valence-electron chi connectivity index (χ1n) is 7.08. The van der Waals surface area contributed by atoms with Crippen molar-refractivity contribution in [3.63, 3.8) is 0 Å². The van der Waals surface area contributed by atoms with Gasteiger partial charge in [-0.15, -0.1) is 11.6 Å². The second-order valence-electron chi connectivity index (χ2n) is 5.61. The molecule has 2 aliphatic rings. The van der Waals surface area contributed by atoms with Crippen LogP contribution in [0.15, 0.2) is 18.2 Å². The van der Waals surface area contributed by atoms with Gasteiger partial charge in [0.05, 0.1) is 10.7 Å². The highest BCUT2D eigenvalue weighted by molar-refractivity contribution is 6.33. The van der Waals surface area contributed by atoms with Gasteiger partial charge in [0, 0.05) is 38.6 Å². The third-order valence-corrected chi connectivity index (χ3v) is 4.71. The summed E-state index contributed by atoms with van der Waals surface area (Å²) in [5, 5.41) is 0.828. The Morgan fingerprint density at radius 2 is 1.84 bits per heavy atom. The molecule has 1 aromatic rings. The second-order valence-corrected chi connectivity index (χ2v) is 6.29. The highest BCUT2D eigenvalue weighted by atomic mass is 35.5. The minimum absolute atomic E-state index is 0.526. The highest BCUT2D eigenvalue weighted by Crippen LogP contribution is 2.33. The van der Waals surface area contributed by atoms with Crippen LogP contribution in [0.1, 0.15) is 18.4 Å². The molecule has 2 fully saturated rings. The zero-order valence-electron chi connectivity index (χ0n) is 11.1. The van der Waals surface area contributed by atoms with Crippen LogP contribution in [-0.2, 0) is 5.88 Å². The van der Waals surface area contributed by atoms with Gasteiger partial charge in [0.15, 0.2) is 0 Å². The molecule has 4 heteroatoms. The van der Waals surface area contributed by atoms with Crippen LogP contribution in [0.3, 0.4) is 0 Å². The van der Waals surface area contributed by atoms with Gasteiger partial charge in [-0.1, -0.05) is 23.7 Å². The summed E-state index contributed by atoms with van der Waals surface area (Å²) in [6, 6.07) is 6.02. The Balaban J connectivity index is 1.67. The average molecular weight is 299 g/mol. The summed E-state index contributed by atoms with van der Waals surface area (Å²) >= 11 is 12.4. The molecular weight excluding hydrogens is 279 g/mol. The second kappa shape index (κ2) is 5.90. The standard InChI is InChI=1S/C15H20Cl2N2/c16-10-13-2-1-3-14(17)15(13)19-8-6-18(7-9-19)11-12-4-5-12/h1-3,12H,4-11H2. The summed E-state index contributed by atoms with van der Waals surface area (Å²) in [4.78, 5) is 4.98. The van der Waals surface area contributed by atoms with Crippen LogP contribution in [0.4, 0.5) is 5.69 Å². The van der Waals surface area contributed by atoms with E-state index in [0.29, 0.717) is 5.88 Å². The maximum Gasteiger partial charge on any atom is 0.0642 e. The lowest BCUT2D eigenvalue weighted by atomic mass is 10.1. The molecule has 0 N–H and O–H groups in total. The van der Waals surface area contributed by atoms with Crippen LogP contribution in [0, 0.1) is 5.92 Å². The number of nitrogens with zero attached hydrogens (tertiary/aromatic N) is 2. The van der Waals surface area contributed by atoms with Gasteiger partial charge < -0.3 is 4.90 Å². The number of para-hydroxylation sites is 1. The Kier molecular flexibility index (Phi) is 4.21. The van der Waals surface area contributed by atoms with E-state index < -0.39 is 0 Å². The van der Waals surface area contributed by atoms with E-state index in [0.717, 1.165) is 48.4 Å². The van der Waals surface area contributed by atoms with Gasteiger partial charge in [-0.05, 0) is 30.4 Å². The van der Waals surface area contributed by atoms with E-state index in [9.17, 15) is 0 Å². The van der Waals surface area contributed by atoms with Gasteiger partial charge in [0.25, 0.3) is 0 Å². The maximum atomic E-state index is 6.36. The summed E-state index contributed by atoms with van der Waals surface area (Å²) in [7, 11) is 0. The summed E-state index contributed by atoms with van der Waals surface area (Å²) < 4.78 is 0. The van der Waals surface area contributed by atoms with E-state index in [2.05, 4.69) is 15.9 Å². The largest absolute Gasteiger partial charge is 0.368 e. The van der Waals surface area contributed by atoms with E-state index in [1.807, 2.05) is 12.1 Å². The molecule has 1 heterocycles. The minimum atomic E-state index is 0.526. The van der Waals surface area contributed by atoms with Gasteiger partial charge in [0.2, 0.25) is 0 Å². The molecule has 0 amide bonds. The predicted octanol–water partition coefficient (Wildman–Crippen LogP) is 3.61. The molecule has 0 spiro atoms. The maximum absolute atomic E-state index is 6.36. The first-order chi connectivity index (χ1) is 9.28. The third kappa shape index (κ3) is 3.18. The Morgan fingerprint density at radius 3 is 2.47 bits per heavy atom. The molecule has 1 saturated heterocycles. The normalized spacial score (nSPS) is 20.8. The molecule has 0 bridgehead atoms. The van der Waals surface area contributed by atoms with Crippen molar-refractivity contribution in [3.05, 3.63) is 28.8 Å². The van der Waals surface area contributed by atoms with E-state index in [1.54, 1.807) is 0 Å². The lowest BCUT2D eigenvalue weighted by molar-refractivity contribution is 0.248. The molecule has 0 atom stereocenters. The van der Waals surface area contributed by atoms with E-state index in [4.69, 9.17) is 23.2 Å². The smallest absolute Gasteiger partial charge is 0.0642 e. The van der Waals surface area contributed by atoms with Gasteiger partial charge in [-0.25, -0.2) is 0 Å². The number of benzene rings is 1. The van der Waals surface area contributed by atoms with Crippen LogP contribution in [-0.4, -0.2) is 37.6 Å². The van der Waals surface area contributed by atoms with Crippen molar-refractivity contribution in [1.29, 1.82) is 0 Å². The Labute approximate surface area is 125 Å². The molecule has 2 nitrogen and oxygen atoms in total. The van der Waals surface area contributed by atoms with Crippen molar-refractivity contribution in [3.8, 4) is 0 Å². The van der Waals surface area contributed by atoms with Crippen molar-refractivity contribution in [2.45, 2.75) is 18.7 Å². The van der Waals surface area contributed by atoms with Crippen LogP contribution in [0.2, 0.25) is 5.02 Å². The molecule has 0 unspecified atom stereocenters. The molecule has 0 aromatic heterocycles. The van der Waals surface area contributed by atoms with Crippen LogP contribution < -0.4 is 4.90 Å². The number of hydrogen-bond acceptors (Lipinski definition) is 2. The lowest BCUT2D eigenvalue weighted by Crippen LogP contribution is -2.47. The van der Waals surface area contributed by atoms with Gasteiger partial charge in [0.1, 0.15) is 0 Å². The van der Waals surface area contributed by atoms with E-state index >= 15 is 0 Å². The van der Waals surface area contributed by atoms with Gasteiger partial charge in [-0.2, -0.15) is 0 Å². The molecule has 19 heavy (non-hydrogen) atoms. The first-order valence-corrected chi connectivity index (χ1v) is 8.00. The Hall–Kier alpha value is -0.440. The van der Waals surface area contributed by atoms with E-state index in [1.165, 1.54) is 19.4 Å². The van der Waals surface area contributed by atoms with Crippen molar-refractivity contribution in [1.82, 2.24) is 4.90 Å². The fourth-order valence-electron chi connectivity index (χ4n) is 2.84. The molecule has 1 aliphatic carbocycles. The summed E-state index contributed by atoms with van der Waals surface area (Å²) in [6.45, 7) is 5.69. The zero-order chi connectivity index (χ0) is 13.2. The molecule has 0 radical (unpaired) electrons. The number of piperazine rings is 1. The number of halogens is 2. The van der Waals surface area contributed by atoms with Crippen LogP contribution in [0.25, 0.3) is 0 Å². The number of hydrogen-bond donors (Lipinski definition) is 0. The molecule has 1 aromatic carbocycles. The minimum Gasteiger partial charge on any atom is -0.368 e. The monoisotopic (exact) mass is 298 g/mol. The highest BCUT2D eigenvalue weighted by Gasteiger charge is 2.27. The molecule has 3 rings (SSSR count). The Morgan fingerprint density at radius 1 is 1.11 bits per heavy atom. The van der Waals surface area contributed by atoms with E-state index in [-0.39, 0.29) is 0 Å². The van der Waals surface area contributed by atoms with Crippen molar-refractivity contribution in [2.24, 2.45) is 5.92 Å². The molecule has 1 aliphatic heterocycles. The summed E-state index contributed by atoms with van der Waals surface area (Å²) in [5.41, 5.74) is 2.29. The number of anilines is 1. The van der Waals surface area contributed by atoms with Crippen molar-refractivity contribution in [2.75, 3.05) is 37.6 Å². The van der Waals surface area contributed by atoms with Crippen LogP contribution in [0.5, 0.6) is 0 Å². The lowest BCUT2D eigenvalue weighted by Gasteiger charge is -2.37. The SMILES string of the molecule is ClCc1cccc(Cl)c1N1CCN(CC2CC2)CC1. The Bertz CT molecular complexity index is 438. The number of rotatable bonds is 4. The van der Waals surface area contributed by atoms with Crippen molar-refractivity contribution >= 4 is 28.9 Å². The first kappa shape index (κ1) is 13.5. The predicted molar refractivity (Wildman–Crippen MR) is 82.4 cm³/mol. The molecule has 1 saturated carbocycles. The fourth-order valence-corrected chi connectivity index (χ4v) is 3.37. The fraction of sp³-hybridized carbons (Fsp3) is 0.600. The quantitative estimate of drug-likeness (QED) is 0.784. The summed E-state index contributed by atoms with van der Waals surface area (Å²) in [5.74, 6) is 1.50. The van der Waals surface area contributed by atoms with Crippen LogP contribution >= 0.6 is 23.2 Å². The average Bonchev–Trinajstić information content (AvgIpc) is 3.23. The zero-order valence-corrected chi connectivity index (χ0v) is 12.6.